The van der Waals surface area contributed by atoms with Crippen molar-refractivity contribution in [1.29, 1.82) is 0 Å². The Balaban J connectivity index is 1.95. The highest BCUT2D eigenvalue weighted by Crippen LogP contribution is 2.29. The van der Waals surface area contributed by atoms with Gasteiger partial charge in [0.25, 0.3) is 5.91 Å². The summed E-state index contributed by atoms with van der Waals surface area (Å²) in [6.45, 7) is 3.41. The maximum Gasteiger partial charge on any atom is 0.255 e. The normalized spacial score (nSPS) is 11.1. The summed E-state index contributed by atoms with van der Waals surface area (Å²) in [6.07, 6.45) is 3.00. The predicted molar refractivity (Wildman–Crippen MR) is 119 cm³/mol. The molecule has 0 bridgehead atoms. The standard InChI is InChI=1S/C21H25N3O7S/c1-5-10-31-18-8-6-15(11-19(18)29-3)13-22-24-21(25)14-23-32(26,27)16-7-9-17(28-2)20(12-16)30-4/h5-9,11-13,23H,1,10,14H2,2-4H3,(H,24,25)/b22-13-. The van der Waals surface area contributed by atoms with E-state index >= 15 is 0 Å². The summed E-state index contributed by atoms with van der Waals surface area (Å²) in [7, 11) is 0.390. The lowest BCUT2D eigenvalue weighted by atomic mass is 10.2. The molecule has 0 unspecified atom stereocenters. The van der Waals surface area contributed by atoms with E-state index in [1.807, 2.05) is 0 Å². The molecule has 0 radical (unpaired) electrons. The molecular weight excluding hydrogens is 438 g/mol. The number of nitrogens with zero attached hydrogens (tertiary/aromatic N) is 1. The van der Waals surface area contributed by atoms with Crippen LogP contribution in [0.2, 0.25) is 0 Å². The van der Waals surface area contributed by atoms with E-state index in [9.17, 15) is 13.2 Å². The summed E-state index contributed by atoms with van der Waals surface area (Å²) in [4.78, 5) is 11.9. The van der Waals surface area contributed by atoms with Gasteiger partial charge in [0, 0.05) is 6.07 Å². The van der Waals surface area contributed by atoms with E-state index in [0.29, 0.717) is 29.4 Å². The van der Waals surface area contributed by atoms with Crippen LogP contribution in [0.1, 0.15) is 5.56 Å². The van der Waals surface area contributed by atoms with Gasteiger partial charge in [-0.1, -0.05) is 12.7 Å². The first-order chi connectivity index (χ1) is 15.3. The number of hydrazone groups is 1. The van der Waals surface area contributed by atoms with Crippen LogP contribution in [-0.2, 0) is 14.8 Å². The predicted octanol–water partition coefficient (Wildman–Crippen LogP) is 1.71. The van der Waals surface area contributed by atoms with Crippen molar-refractivity contribution in [3.8, 4) is 23.0 Å². The average Bonchev–Trinajstić information content (AvgIpc) is 2.81. The van der Waals surface area contributed by atoms with Crippen LogP contribution in [-0.4, -0.2) is 55.0 Å². The Morgan fingerprint density at radius 1 is 1.00 bits per heavy atom. The maximum atomic E-state index is 12.4. The number of sulfonamides is 1. The minimum Gasteiger partial charge on any atom is -0.493 e. The number of amides is 1. The molecule has 0 aliphatic carbocycles. The summed E-state index contributed by atoms with van der Waals surface area (Å²) in [5, 5.41) is 3.82. The molecule has 2 rings (SSSR count). The number of hydrogen-bond acceptors (Lipinski definition) is 8. The number of hydrogen-bond donors (Lipinski definition) is 2. The molecule has 10 nitrogen and oxygen atoms in total. The molecule has 0 fully saturated rings. The van der Waals surface area contributed by atoms with Gasteiger partial charge in [0.2, 0.25) is 10.0 Å². The minimum absolute atomic E-state index is 0.0719. The van der Waals surface area contributed by atoms with E-state index in [-0.39, 0.29) is 10.6 Å². The Bertz CT molecular complexity index is 1080. The second-order valence-corrected chi connectivity index (χ2v) is 7.91. The quantitative estimate of drug-likeness (QED) is 0.279. The number of ether oxygens (including phenoxy) is 4. The highest BCUT2D eigenvalue weighted by Gasteiger charge is 2.18. The van der Waals surface area contributed by atoms with Crippen LogP contribution < -0.4 is 29.1 Å². The first-order valence-electron chi connectivity index (χ1n) is 9.30. The third kappa shape index (κ3) is 6.72. The van der Waals surface area contributed by atoms with Crippen LogP contribution in [0.15, 0.2) is 59.1 Å². The monoisotopic (exact) mass is 463 g/mol. The zero-order chi connectivity index (χ0) is 23.6. The van der Waals surface area contributed by atoms with Crippen LogP contribution in [0.5, 0.6) is 23.0 Å². The molecule has 172 valence electrons. The summed E-state index contributed by atoms with van der Waals surface area (Å²) >= 11 is 0. The van der Waals surface area contributed by atoms with Gasteiger partial charge in [-0.05, 0) is 35.9 Å². The summed E-state index contributed by atoms with van der Waals surface area (Å²) in [5.74, 6) is 1.02. The van der Waals surface area contributed by atoms with Gasteiger partial charge in [0.15, 0.2) is 23.0 Å². The number of nitrogens with one attached hydrogen (secondary N) is 2. The van der Waals surface area contributed by atoms with Crippen LogP contribution in [0.3, 0.4) is 0 Å². The molecule has 0 aromatic heterocycles. The summed E-state index contributed by atoms with van der Waals surface area (Å²) < 4.78 is 47.9. The Hall–Kier alpha value is -3.57. The van der Waals surface area contributed by atoms with Gasteiger partial charge in [-0.3, -0.25) is 4.79 Å². The van der Waals surface area contributed by atoms with Crippen LogP contribution in [0, 0.1) is 0 Å². The van der Waals surface area contributed by atoms with Crippen molar-refractivity contribution in [2.75, 3.05) is 34.5 Å². The van der Waals surface area contributed by atoms with Crippen molar-refractivity contribution >= 4 is 22.1 Å². The van der Waals surface area contributed by atoms with Gasteiger partial charge in [0.05, 0.1) is 39.0 Å². The Morgan fingerprint density at radius 3 is 2.31 bits per heavy atom. The Labute approximate surface area is 186 Å². The van der Waals surface area contributed by atoms with E-state index in [4.69, 9.17) is 18.9 Å². The van der Waals surface area contributed by atoms with E-state index in [1.165, 1.54) is 45.7 Å². The third-order valence-corrected chi connectivity index (χ3v) is 5.43. The van der Waals surface area contributed by atoms with Crippen LogP contribution in [0.25, 0.3) is 0 Å². The highest BCUT2D eigenvalue weighted by molar-refractivity contribution is 7.89. The fourth-order valence-electron chi connectivity index (χ4n) is 2.48. The minimum atomic E-state index is -3.95. The summed E-state index contributed by atoms with van der Waals surface area (Å²) in [5.41, 5.74) is 2.89. The van der Waals surface area contributed by atoms with E-state index < -0.39 is 22.5 Å². The number of carbonyl (C=O) groups excluding carboxylic acids is 1. The molecule has 2 N–H and O–H groups in total. The number of methoxy groups -OCH3 is 3. The maximum absolute atomic E-state index is 12.4. The van der Waals surface area contributed by atoms with Crippen molar-refractivity contribution in [3.63, 3.8) is 0 Å². The molecule has 2 aromatic rings. The molecule has 0 saturated carbocycles. The zero-order valence-electron chi connectivity index (χ0n) is 18.0. The lowest BCUT2D eigenvalue weighted by Crippen LogP contribution is -2.34. The Kier molecular flexibility index (Phi) is 9.05. The SMILES string of the molecule is C=CCOc1ccc(/C=N\NC(=O)CNS(=O)(=O)c2ccc(OC)c(OC)c2)cc1OC. The van der Waals surface area contributed by atoms with Gasteiger partial charge >= 0.3 is 0 Å². The van der Waals surface area contributed by atoms with Crippen molar-refractivity contribution < 1.29 is 32.2 Å². The molecule has 0 saturated heterocycles. The van der Waals surface area contributed by atoms with Gasteiger partial charge in [-0.15, -0.1) is 0 Å². The second-order valence-electron chi connectivity index (χ2n) is 6.14. The average molecular weight is 464 g/mol. The topological polar surface area (TPSA) is 125 Å². The molecular formula is C21H25N3O7S. The van der Waals surface area contributed by atoms with Gasteiger partial charge in [-0.2, -0.15) is 5.10 Å². The smallest absolute Gasteiger partial charge is 0.255 e. The molecule has 0 spiro atoms. The van der Waals surface area contributed by atoms with Crippen LogP contribution in [0.4, 0.5) is 0 Å². The number of benzene rings is 2. The molecule has 32 heavy (non-hydrogen) atoms. The van der Waals surface area contributed by atoms with Crippen molar-refractivity contribution in [1.82, 2.24) is 10.1 Å². The fraction of sp³-hybridized carbons (Fsp3) is 0.238. The second kappa shape index (κ2) is 11.7. The van der Waals surface area contributed by atoms with Crippen molar-refractivity contribution in [2.24, 2.45) is 5.10 Å². The van der Waals surface area contributed by atoms with Crippen molar-refractivity contribution in [3.05, 3.63) is 54.6 Å². The largest absolute Gasteiger partial charge is 0.493 e. The number of rotatable bonds is 12. The zero-order valence-corrected chi connectivity index (χ0v) is 18.8. The van der Waals surface area contributed by atoms with Gasteiger partial charge in [-0.25, -0.2) is 18.6 Å². The molecule has 0 heterocycles. The van der Waals surface area contributed by atoms with Crippen LogP contribution >= 0.6 is 0 Å². The van der Waals surface area contributed by atoms with Gasteiger partial charge in [0.1, 0.15) is 6.61 Å². The van der Waals surface area contributed by atoms with E-state index in [1.54, 1.807) is 24.3 Å². The molecule has 0 aliphatic rings. The molecule has 0 atom stereocenters. The fourth-order valence-corrected chi connectivity index (χ4v) is 3.48. The summed E-state index contributed by atoms with van der Waals surface area (Å²) in [6, 6.07) is 9.19. The third-order valence-electron chi connectivity index (χ3n) is 4.04. The molecule has 1 amide bonds. The van der Waals surface area contributed by atoms with E-state index in [2.05, 4.69) is 21.8 Å². The molecule has 0 aliphatic heterocycles. The lowest BCUT2D eigenvalue weighted by Gasteiger charge is -2.10. The first-order valence-corrected chi connectivity index (χ1v) is 10.8. The Morgan fingerprint density at radius 2 is 1.66 bits per heavy atom. The molecule has 2 aromatic carbocycles. The molecule has 11 heteroatoms. The lowest BCUT2D eigenvalue weighted by molar-refractivity contribution is -0.119. The highest BCUT2D eigenvalue weighted by atomic mass is 32.2. The first kappa shape index (κ1) is 24.7. The van der Waals surface area contributed by atoms with Crippen molar-refractivity contribution in [2.45, 2.75) is 4.90 Å². The van der Waals surface area contributed by atoms with Gasteiger partial charge < -0.3 is 18.9 Å². The van der Waals surface area contributed by atoms with E-state index in [0.717, 1.165) is 0 Å². The number of carbonyl (C=O) groups is 1.